The highest BCUT2D eigenvalue weighted by molar-refractivity contribution is 7.91. The summed E-state index contributed by atoms with van der Waals surface area (Å²) in [5.41, 5.74) is 0. The van der Waals surface area contributed by atoms with Crippen molar-refractivity contribution in [3.8, 4) is 0 Å². The zero-order chi connectivity index (χ0) is 13.2. The fourth-order valence-corrected chi connectivity index (χ4v) is 2.89. The van der Waals surface area contributed by atoms with E-state index in [1.54, 1.807) is 23.9 Å². The molecule has 0 aliphatic rings. The van der Waals surface area contributed by atoms with E-state index in [-0.39, 0.29) is 10.6 Å². The molecule has 0 radical (unpaired) electrons. The second-order valence-electron chi connectivity index (χ2n) is 3.94. The number of benzene rings is 1. The van der Waals surface area contributed by atoms with Gasteiger partial charge in [-0.15, -0.1) is 0 Å². The minimum Gasteiger partial charge on any atom is -0.334 e. The summed E-state index contributed by atoms with van der Waals surface area (Å²) < 4.78 is 38.7. The molecule has 0 atom stereocenters. The summed E-state index contributed by atoms with van der Waals surface area (Å²) in [7, 11) is -3.46. The number of imidazole rings is 1. The fraction of sp³-hybridized carbons (Fsp3) is 0.250. The van der Waals surface area contributed by atoms with Crippen LogP contribution in [-0.2, 0) is 16.4 Å². The van der Waals surface area contributed by atoms with Crippen LogP contribution in [0.25, 0.3) is 0 Å². The number of aryl methyl sites for hydroxylation is 2. The maximum atomic E-state index is 13.0. The van der Waals surface area contributed by atoms with Crippen LogP contribution in [0.2, 0.25) is 0 Å². The summed E-state index contributed by atoms with van der Waals surface area (Å²) in [6.07, 6.45) is 3.33. The maximum Gasteiger partial charge on any atom is 0.180 e. The molecule has 0 saturated carbocycles. The van der Waals surface area contributed by atoms with E-state index in [0.29, 0.717) is 6.54 Å². The number of aromatic nitrogens is 2. The van der Waals surface area contributed by atoms with Crippen molar-refractivity contribution in [2.45, 2.75) is 18.4 Å². The van der Waals surface area contributed by atoms with Crippen molar-refractivity contribution >= 4 is 9.84 Å². The lowest BCUT2D eigenvalue weighted by Gasteiger charge is -2.06. The monoisotopic (exact) mass is 268 g/mol. The molecule has 0 aliphatic heterocycles. The van der Waals surface area contributed by atoms with Gasteiger partial charge in [0.2, 0.25) is 0 Å². The third kappa shape index (κ3) is 2.76. The topological polar surface area (TPSA) is 52.0 Å². The number of hydrogen-bond donors (Lipinski definition) is 0. The highest BCUT2D eigenvalue weighted by Crippen LogP contribution is 2.13. The molecule has 0 spiro atoms. The highest BCUT2D eigenvalue weighted by Gasteiger charge is 2.15. The Hall–Kier alpha value is -1.69. The summed E-state index contributed by atoms with van der Waals surface area (Å²) in [5, 5.41) is 0. The van der Waals surface area contributed by atoms with Gasteiger partial charge < -0.3 is 4.57 Å². The molecule has 0 unspecified atom stereocenters. The second kappa shape index (κ2) is 4.89. The molecule has 0 aliphatic carbocycles. The molecule has 0 saturated heterocycles. The summed E-state index contributed by atoms with van der Waals surface area (Å²) in [4.78, 5) is 4.03. The molecule has 0 N–H and O–H groups in total. The van der Waals surface area contributed by atoms with Crippen molar-refractivity contribution in [2.24, 2.45) is 0 Å². The first kappa shape index (κ1) is 12.8. The van der Waals surface area contributed by atoms with Crippen LogP contribution in [0.4, 0.5) is 4.39 Å². The summed E-state index contributed by atoms with van der Waals surface area (Å²) in [6.45, 7) is 2.11. The van der Waals surface area contributed by atoms with E-state index in [9.17, 15) is 12.8 Å². The quantitative estimate of drug-likeness (QED) is 0.849. The van der Waals surface area contributed by atoms with Crippen LogP contribution < -0.4 is 0 Å². The zero-order valence-electron chi connectivity index (χ0n) is 9.88. The van der Waals surface area contributed by atoms with Gasteiger partial charge in [-0.2, -0.15) is 0 Å². The number of hydrogen-bond acceptors (Lipinski definition) is 3. The molecule has 0 bridgehead atoms. The van der Waals surface area contributed by atoms with Gasteiger partial charge in [0.05, 0.1) is 10.6 Å². The van der Waals surface area contributed by atoms with E-state index < -0.39 is 15.7 Å². The van der Waals surface area contributed by atoms with E-state index in [0.717, 1.165) is 11.9 Å². The van der Waals surface area contributed by atoms with Gasteiger partial charge in [0.25, 0.3) is 0 Å². The first-order valence-corrected chi connectivity index (χ1v) is 7.10. The summed E-state index contributed by atoms with van der Waals surface area (Å²) in [6, 6.07) is 5.05. The predicted octanol–water partition coefficient (Wildman–Crippen LogP) is 1.80. The van der Waals surface area contributed by atoms with Crippen LogP contribution in [0.3, 0.4) is 0 Å². The second-order valence-corrected chi connectivity index (χ2v) is 6.05. The van der Waals surface area contributed by atoms with Gasteiger partial charge in [-0.25, -0.2) is 17.8 Å². The molecule has 1 aromatic heterocycles. The molecular formula is C12H13FN2O2S. The third-order valence-electron chi connectivity index (χ3n) is 2.68. The molecule has 6 heteroatoms. The van der Waals surface area contributed by atoms with Crippen LogP contribution >= 0.6 is 0 Å². The van der Waals surface area contributed by atoms with Gasteiger partial charge in [0.15, 0.2) is 9.84 Å². The van der Waals surface area contributed by atoms with Crippen molar-refractivity contribution < 1.29 is 12.8 Å². The Labute approximate surface area is 105 Å². The molecule has 4 nitrogen and oxygen atoms in total. The zero-order valence-corrected chi connectivity index (χ0v) is 10.7. The molecule has 2 aromatic rings. The molecule has 96 valence electrons. The number of nitrogens with zero attached hydrogens (tertiary/aromatic N) is 2. The summed E-state index contributed by atoms with van der Waals surface area (Å²) >= 11 is 0. The van der Waals surface area contributed by atoms with E-state index in [1.165, 1.54) is 18.2 Å². The van der Waals surface area contributed by atoms with Crippen LogP contribution in [0.1, 0.15) is 5.82 Å². The SMILES string of the molecule is Cc1nccn1CCS(=O)(=O)c1cccc(F)c1. The van der Waals surface area contributed by atoms with Crippen LogP contribution in [-0.4, -0.2) is 23.7 Å². The van der Waals surface area contributed by atoms with Gasteiger partial charge >= 0.3 is 0 Å². The lowest BCUT2D eigenvalue weighted by atomic mass is 10.4. The number of halogens is 1. The van der Waals surface area contributed by atoms with Crippen LogP contribution in [0, 0.1) is 12.7 Å². The van der Waals surface area contributed by atoms with Gasteiger partial charge in [-0.1, -0.05) is 6.07 Å². The van der Waals surface area contributed by atoms with Crippen LogP contribution in [0.5, 0.6) is 0 Å². The Bertz CT molecular complexity index is 650. The fourth-order valence-electron chi connectivity index (χ4n) is 1.64. The molecule has 18 heavy (non-hydrogen) atoms. The number of sulfone groups is 1. The van der Waals surface area contributed by atoms with Crippen molar-refractivity contribution in [1.82, 2.24) is 9.55 Å². The van der Waals surface area contributed by atoms with E-state index in [4.69, 9.17) is 0 Å². The predicted molar refractivity (Wildman–Crippen MR) is 65.4 cm³/mol. The van der Waals surface area contributed by atoms with Gasteiger partial charge in [0, 0.05) is 18.9 Å². The van der Waals surface area contributed by atoms with Crippen molar-refractivity contribution in [3.63, 3.8) is 0 Å². The third-order valence-corrected chi connectivity index (χ3v) is 4.37. The van der Waals surface area contributed by atoms with Crippen LogP contribution in [0.15, 0.2) is 41.6 Å². The molecule has 1 aromatic carbocycles. The average Bonchev–Trinajstić information content (AvgIpc) is 2.72. The smallest absolute Gasteiger partial charge is 0.180 e. The first-order chi connectivity index (χ1) is 8.49. The summed E-state index contributed by atoms with van der Waals surface area (Å²) in [5.74, 6) is 0.132. The largest absolute Gasteiger partial charge is 0.334 e. The molecule has 2 rings (SSSR count). The Morgan fingerprint density at radius 3 is 2.78 bits per heavy atom. The van der Waals surface area contributed by atoms with Gasteiger partial charge in [-0.3, -0.25) is 0 Å². The van der Waals surface area contributed by atoms with Crippen molar-refractivity contribution in [2.75, 3.05) is 5.75 Å². The first-order valence-electron chi connectivity index (χ1n) is 5.45. The minimum atomic E-state index is -3.46. The average molecular weight is 268 g/mol. The lowest BCUT2D eigenvalue weighted by molar-refractivity contribution is 0.583. The Balaban J connectivity index is 2.16. The normalized spacial score (nSPS) is 11.7. The Morgan fingerprint density at radius 2 is 2.17 bits per heavy atom. The van der Waals surface area contributed by atoms with E-state index >= 15 is 0 Å². The molecule has 0 amide bonds. The van der Waals surface area contributed by atoms with E-state index in [1.807, 2.05) is 0 Å². The maximum absolute atomic E-state index is 13.0. The number of rotatable bonds is 4. The Kier molecular flexibility index (Phi) is 3.47. The molecule has 1 heterocycles. The van der Waals surface area contributed by atoms with Crippen molar-refractivity contribution in [3.05, 3.63) is 48.3 Å². The molecule has 0 fully saturated rings. The molecular weight excluding hydrogens is 255 g/mol. The van der Waals surface area contributed by atoms with Gasteiger partial charge in [0.1, 0.15) is 11.6 Å². The van der Waals surface area contributed by atoms with Gasteiger partial charge in [-0.05, 0) is 25.1 Å². The Morgan fingerprint density at radius 1 is 1.39 bits per heavy atom. The highest BCUT2D eigenvalue weighted by atomic mass is 32.2. The minimum absolute atomic E-state index is 0.0141. The lowest BCUT2D eigenvalue weighted by Crippen LogP contribution is -2.13. The van der Waals surface area contributed by atoms with E-state index in [2.05, 4.69) is 4.98 Å². The standard InChI is InChI=1S/C12H13FN2O2S/c1-10-14-5-6-15(10)7-8-18(16,17)12-4-2-3-11(13)9-12/h2-6,9H,7-8H2,1H3. The van der Waals surface area contributed by atoms with Crippen molar-refractivity contribution in [1.29, 1.82) is 0 Å².